The van der Waals surface area contributed by atoms with Crippen molar-refractivity contribution < 1.29 is 18.0 Å². The van der Waals surface area contributed by atoms with Crippen molar-refractivity contribution in [1.29, 1.82) is 0 Å². The zero-order valence-corrected chi connectivity index (χ0v) is 24.4. The average Bonchev–Trinajstić information content (AvgIpc) is 2.83. The quantitative estimate of drug-likeness (QED) is 0.382. The summed E-state index contributed by atoms with van der Waals surface area (Å²) in [6.45, 7) is 0.945. The molecule has 37 heavy (non-hydrogen) atoms. The summed E-state index contributed by atoms with van der Waals surface area (Å²) < 4.78 is 26.3. The van der Waals surface area contributed by atoms with Crippen LogP contribution in [0.15, 0.2) is 36.4 Å². The normalized spacial score (nSPS) is 15.2. The Morgan fingerprint density at radius 1 is 0.973 bits per heavy atom. The Morgan fingerprint density at radius 2 is 1.59 bits per heavy atom. The Hall–Kier alpha value is -1.71. The van der Waals surface area contributed by atoms with Crippen molar-refractivity contribution in [3.63, 3.8) is 0 Å². The van der Waals surface area contributed by atoms with Gasteiger partial charge in [0, 0.05) is 28.2 Å². The van der Waals surface area contributed by atoms with Gasteiger partial charge >= 0.3 is 0 Å². The van der Waals surface area contributed by atoms with Crippen molar-refractivity contribution in [3.8, 4) is 0 Å². The van der Waals surface area contributed by atoms with Gasteiger partial charge in [0.2, 0.25) is 21.8 Å². The van der Waals surface area contributed by atoms with E-state index in [9.17, 15) is 18.0 Å². The first kappa shape index (κ1) is 29.8. The van der Waals surface area contributed by atoms with E-state index in [2.05, 4.69) is 5.32 Å². The minimum atomic E-state index is -3.90. The van der Waals surface area contributed by atoms with Crippen LogP contribution in [0.3, 0.4) is 0 Å². The predicted octanol–water partition coefficient (Wildman–Crippen LogP) is 5.93. The Bertz CT molecular complexity index is 1230. The number of halogens is 4. The number of amides is 2. The summed E-state index contributed by atoms with van der Waals surface area (Å²) in [5.74, 6) is -0.942. The van der Waals surface area contributed by atoms with Crippen LogP contribution in [0.4, 0.5) is 5.69 Å². The molecule has 1 aliphatic rings. The first-order valence-electron chi connectivity index (χ1n) is 11.8. The van der Waals surface area contributed by atoms with Gasteiger partial charge < -0.3 is 10.2 Å². The molecule has 1 saturated carbocycles. The topological polar surface area (TPSA) is 86.8 Å². The number of rotatable bonds is 9. The minimum absolute atomic E-state index is 0.0354. The highest BCUT2D eigenvalue weighted by molar-refractivity contribution is 7.92. The number of benzene rings is 2. The SMILES string of the molecule is C[C@H](C(=O)NC1CCCCC1)N(Cc1c(Cl)cccc1Cl)C(=O)CN(c1ccc(Cl)c(Cl)c1)S(C)(=O)=O. The van der Waals surface area contributed by atoms with Crippen LogP contribution < -0.4 is 9.62 Å². The van der Waals surface area contributed by atoms with Crippen LogP contribution in [-0.2, 0) is 26.2 Å². The fourth-order valence-corrected chi connectivity index (χ4v) is 5.91. The summed E-state index contributed by atoms with van der Waals surface area (Å²) in [4.78, 5) is 28.2. The maximum atomic E-state index is 13.7. The molecule has 1 fully saturated rings. The molecule has 1 aliphatic carbocycles. The zero-order valence-electron chi connectivity index (χ0n) is 20.5. The highest BCUT2D eigenvalue weighted by atomic mass is 35.5. The summed E-state index contributed by atoms with van der Waals surface area (Å²) in [5.41, 5.74) is 0.622. The number of nitrogens with one attached hydrogen (secondary N) is 1. The second-order valence-corrected chi connectivity index (χ2v) is 12.6. The second kappa shape index (κ2) is 12.9. The van der Waals surface area contributed by atoms with Gasteiger partial charge in [-0.15, -0.1) is 0 Å². The molecule has 0 aromatic heterocycles. The van der Waals surface area contributed by atoms with E-state index in [0.29, 0.717) is 15.6 Å². The molecule has 2 aromatic rings. The van der Waals surface area contributed by atoms with E-state index < -0.39 is 28.5 Å². The van der Waals surface area contributed by atoms with Crippen LogP contribution in [0.2, 0.25) is 20.1 Å². The van der Waals surface area contributed by atoms with Gasteiger partial charge in [0.15, 0.2) is 0 Å². The lowest BCUT2D eigenvalue weighted by Gasteiger charge is -2.33. The summed E-state index contributed by atoms with van der Waals surface area (Å²) in [6.07, 6.45) is 5.93. The molecule has 12 heteroatoms. The molecule has 0 spiro atoms. The van der Waals surface area contributed by atoms with E-state index in [1.165, 1.54) is 23.1 Å². The molecule has 3 rings (SSSR count). The van der Waals surface area contributed by atoms with Gasteiger partial charge in [-0.05, 0) is 50.1 Å². The number of hydrogen-bond donors (Lipinski definition) is 1. The summed E-state index contributed by atoms with van der Waals surface area (Å²) >= 11 is 24.8. The van der Waals surface area contributed by atoms with Crippen molar-refractivity contribution in [2.75, 3.05) is 17.1 Å². The van der Waals surface area contributed by atoms with E-state index in [-0.39, 0.29) is 34.2 Å². The highest BCUT2D eigenvalue weighted by Crippen LogP contribution is 2.30. The molecule has 1 atom stereocenters. The van der Waals surface area contributed by atoms with Crippen molar-refractivity contribution in [2.24, 2.45) is 0 Å². The van der Waals surface area contributed by atoms with Crippen LogP contribution >= 0.6 is 46.4 Å². The molecular weight excluding hydrogens is 580 g/mol. The first-order chi connectivity index (χ1) is 17.4. The van der Waals surface area contributed by atoms with E-state index in [1.807, 2.05) is 0 Å². The number of sulfonamides is 1. The lowest BCUT2D eigenvalue weighted by molar-refractivity contribution is -0.139. The fourth-order valence-electron chi connectivity index (χ4n) is 4.26. The van der Waals surface area contributed by atoms with Crippen molar-refractivity contribution in [1.82, 2.24) is 10.2 Å². The maximum absolute atomic E-state index is 13.7. The monoisotopic (exact) mass is 607 g/mol. The third-order valence-electron chi connectivity index (χ3n) is 6.38. The third kappa shape index (κ3) is 7.90. The molecule has 2 aromatic carbocycles. The van der Waals surface area contributed by atoms with Crippen LogP contribution in [-0.4, -0.2) is 50.0 Å². The summed E-state index contributed by atoms with van der Waals surface area (Å²) in [6, 6.07) is 8.33. The summed E-state index contributed by atoms with van der Waals surface area (Å²) in [5, 5.41) is 4.07. The largest absolute Gasteiger partial charge is 0.352 e. The van der Waals surface area contributed by atoms with Crippen LogP contribution in [0.1, 0.15) is 44.6 Å². The second-order valence-electron chi connectivity index (χ2n) is 9.11. The van der Waals surface area contributed by atoms with Crippen LogP contribution in [0.25, 0.3) is 0 Å². The molecule has 0 radical (unpaired) electrons. The van der Waals surface area contributed by atoms with Gasteiger partial charge in [-0.25, -0.2) is 8.42 Å². The van der Waals surface area contributed by atoms with Gasteiger partial charge in [-0.2, -0.15) is 0 Å². The molecule has 202 valence electrons. The molecule has 0 heterocycles. The molecule has 0 unspecified atom stereocenters. The van der Waals surface area contributed by atoms with E-state index in [4.69, 9.17) is 46.4 Å². The standard InChI is InChI=1S/C25H29Cl4N3O4S/c1-16(25(34)30-17-7-4-3-5-8-17)31(14-19-20(26)9-6-10-21(19)27)24(33)15-32(37(2,35)36)18-11-12-22(28)23(29)13-18/h6,9-13,16-17H,3-5,7-8,14-15H2,1-2H3,(H,30,34)/t16-/m1/s1. The number of nitrogens with zero attached hydrogens (tertiary/aromatic N) is 2. The van der Waals surface area contributed by atoms with E-state index in [0.717, 1.165) is 42.7 Å². The molecule has 0 bridgehead atoms. The van der Waals surface area contributed by atoms with Gasteiger partial charge in [-0.1, -0.05) is 71.7 Å². The molecule has 0 saturated heterocycles. The molecule has 7 nitrogen and oxygen atoms in total. The molecule has 1 N–H and O–H groups in total. The zero-order chi connectivity index (χ0) is 27.3. The van der Waals surface area contributed by atoms with Crippen molar-refractivity contribution >= 4 is 73.9 Å². The number of anilines is 1. The minimum Gasteiger partial charge on any atom is -0.352 e. The first-order valence-corrected chi connectivity index (χ1v) is 15.2. The van der Waals surface area contributed by atoms with Gasteiger partial charge in [0.25, 0.3) is 0 Å². The average molecular weight is 609 g/mol. The smallest absolute Gasteiger partial charge is 0.244 e. The fraction of sp³-hybridized carbons (Fsp3) is 0.440. The lowest BCUT2D eigenvalue weighted by Crippen LogP contribution is -2.53. The van der Waals surface area contributed by atoms with Crippen molar-refractivity contribution in [2.45, 2.75) is 57.7 Å². The Labute approximate surface area is 238 Å². The Kier molecular flexibility index (Phi) is 10.4. The highest BCUT2D eigenvalue weighted by Gasteiger charge is 2.32. The van der Waals surface area contributed by atoms with Gasteiger partial charge in [0.1, 0.15) is 12.6 Å². The molecule has 2 amide bonds. The third-order valence-corrected chi connectivity index (χ3v) is 8.97. The maximum Gasteiger partial charge on any atom is 0.244 e. The molecular formula is C25H29Cl4N3O4S. The molecule has 0 aliphatic heterocycles. The van der Waals surface area contributed by atoms with Crippen LogP contribution in [0.5, 0.6) is 0 Å². The Balaban J connectivity index is 1.93. The Morgan fingerprint density at radius 3 is 2.16 bits per heavy atom. The van der Waals surface area contributed by atoms with E-state index >= 15 is 0 Å². The number of hydrogen-bond acceptors (Lipinski definition) is 4. The summed E-state index contributed by atoms with van der Waals surface area (Å²) in [7, 11) is -3.90. The lowest BCUT2D eigenvalue weighted by atomic mass is 9.95. The van der Waals surface area contributed by atoms with E-state index in [1.54, 1.807) is 25.1 Å². The number of carbonyl (C=O) groups excluding carboxylic acids is 2. The van der Waals surface area contributed by atoms with Gasteiger partial charge in [-0.3, -0.25) is 13.9 Å². The predicted molar refractivity (Wildman–Crippen MR) is 150 cm³/mol. The number of carbonyl (C=O) groups is 2. The van der Waals surface area contributed by atoms with Crippen LogP contribution in [0, 0.1) is 0 Å². The van der Waals surface area contributed by atoms with Crippen molar-refractivity contribution in [3.05, 3.63) is 62.1 Å². The van der Waals surface area contributed by atoms with Gasteiger partial charge in [0.05, 0.1) is 22.0 Å².